The molecule has 108 valence electrons. The SMILES string of the molecule is C[C@@H](O)[C@H]1C(=O)N2C(C(=O)O)=C([C@H]3CNC(=O)O3)S[C@H]12. The molecule has 0 aromatic heterocycles. The number of rotatable bonds is 3. The monoisotopic (exact) mass is 300 g/mol. The molecule has 0 radical (unpaired) electrons. The summed E-state index contributed by atoms with van der Waals surface area (Å²) in [4.78, 5) is 35.9. The first kappa shape index (κ1) is 13.3. The number of carboxylic acids is 1. The molecule has 4 atom stereocenters. The molecule has 3 aliphatic rings. The fourth-order valence-corrected chi connectivity index (χ4v) is 4.22. The van der Waals surface area contributed by atoms with Crippen LogP contribution in [0.2, 0.25) is 0 Å². The summed E-state index contributed by atoms with van der Waals surface area (Å²) in [6, 6.07) is 0. The Morgan fingerprint density at radius 2 is 2.25 bits per heavy atom. The number of hydrogen-bond donors (Lipinski definition) is 3. The number of ether oxygens (including phenoxy) is 1. The molecule has 0 unspecified atom stereocenters. The zero-order valence-corrected chi connectivity index (χ0v) is 11.2. The van der Waals surface area contributed by atoms with E-state index in [4.69, 9.17) is 4.74 Å². The minimum Gasteiger partial charge on any atom is -0.477 e. The summed E-state index contributed by atoms with van der Waals surface area (Å²) in [5.41, 5.74) is -0.150. The zero-order chi connectivity index (χ0) is 14.6. The summed E-state index contributed by atoms with van der Waals surface area (Å²) in [7, 11) is 0. The Balaban J connectivity index is 1.92. The van der Waals surface area contributed by atoms with Gasteiger partial charge in [-0.1, -0.05) is 11.8 Å². The van der Waals surface area contributed by atoms with Gasteiger partial charge in [0.05, 0.1) is 23.5 Å². The van der Waals surface area contributed by atoms with Crippen molar-refractivity contribution in [3.63, 3.8) is 0 Å². The van der Waals surface area contributed by atoms with Gasteiger partial charge in [-0.2, -0.15) is 0 Å². The summed E-state index contributed by atoms with van der Waals surface area (Å²) in [6.07, 6.45) is -2.16. The van der Waals surface area contributed by atoms with Gasteiger partial charge >= 0.3 is 12.1 Å². The van der Waals surface area contributed by atoms with Crippen LogP contribution in [0.15, 0.2) is 10.6 Å². The maximum Gasteiger partial charge on any atom is 0.407 e. The van der Waals surface area contributed by atoms with Gasteiger partial charge in [0, 0.05) is 0 Å². The van der Waals surface area contributed by atoms with Crippen LogP contribution in [-0.4, -0.2) is 57.2 Å². The molecule has 0 bridgehead atoms. The number of cyclic esters (lactones) is 1. The number of aliphatic carboxylic acids is 1. The van der Waals surface area contributed by atoms with Crippen LogP contribution in [0, 0.1) is 5.92 Å². The molecule has 2 saturated heterocycles. The van der Waals surface area contributed by atoms with Crippen molar-refractivity contribution in [2.75, 3.05) is 6.54 Å². The Bertz CT molecular complexity index is 545. The molecular weight excluding hydrogens is 288 g/mol. The minimum atomic E-state index is -1.24. The lowest BCUT2D eigenvalue weighted by Gasteiger charge is -2.43. The van der Waals surface area contributed by atoms with Gasteiger partial charge in [0.15, 0.2) is 6.10 Å². The summed E-state index contributed by atoms with van der Waals surface area (Å²) < 4.78 is 4.99. The molecule has 0 aromatic carbocycles. The molecule has 2 fully saturated rings. The Kier molecular flexibility index (Phi) is 2.91. The normalized spacial score (nSPS) is 33.5. The number of alkyl carbamates (subject to hydrolysis) is 1. The fraction of sp³-hybridized carbons (Fsp3) is 0.545. The number of β-lactam (4-membered cyclic amide) rings is 1. The second-order valence-corrected chi connectivity index (χ2v) is 5.93. The Morgan fingerprint density at radius 3 is 2.75 bits per heavy atom. The Hall–Kier alpha value is -1.74. The van der Waals surface area contributed by atoms with E-state index in [1.54, 1.807) is 0 Å². The number of aliphatic hydroxyl groups is 1. The van der Waals surface area contributed by atoms with Crippen molar-refractivity contribution in [2.45, 2.75) is 24.5 Å². The third-order valence-corrected chi connectivity index (χ3v) is 4.96. The Labute approximate surface area is 117 Å². The molecule has 2 amide bonds. The molecule has 9 heteroatoms. The third kappa shape index (κ3) is 1.70. The lowest BCUT2D eigenvalue weighted by molar-refractivity contribution is -0.156. The highest BCUT2D eigenvalue weighted by molar-refractivity contribution is 8.04. The summed E-state index contributed by atoms with van der Waals surface area (Å²) in [5, 5.41) is 20.9. The van der Waals surface area contributed by atoms with E-state index in [0.29, 0.717) is 4.91 Å². The van der Waals surface area contributed by atoms with Gasteiger partial charge in [0.2, 0.25) is 5.91 Å². The number of amides is 2. The van der Waals surface area contributed by atoms with Crippen molar-refractivity contribution in [1.82, 2.24) is 10.2 Å². The van der Waals surface area contributed by atoms with E-state index < -0.39 is 41.5 Å². The van der Waals surface area contributed by atoms with Gasteiger partial charge in [-0.15, -0.1) is 0 Å². The van der Waals surface area contributed by atoms with Crippen molar-refractivity contribution >= 4 is 29.7 Å². The molecule has 0 spiro atoms. The highest BCUT2D eigenvalue weighted by Crippen LogP contribution is 2.51. The van der Waals surface area contributed by atoms with E-state index in [0.717, 1.165) is 16.7 Å². The highest BCUT2D eigenvalue weighted by atomic mass is 32.2. The number of carbonyl (C=O) groups is 3. The van der Waals surface area contributed by atoms with Crippen LogP contribution in [0.4, 0.5) is 4.79 Å². The predicted molar refractivity (Wildman–Crippen MR) is 66.3 cm³/mol. The van der Waals surface area contributed by atoms with E-state index in [1.807, 2.05) is 0 Å². The van der Waals surface area contributed by atoms with E-state index in [-0.39, 0.29) is 12.2 Å². The average Bonchev–Trinajstić information content (AvgIpc) is 2.90. The zero-order valence-electron chi connectivity index (χ0n) is 10.4. The van der Waals surface area contributed by atoms with Crippen molar-refractivity contribution < 1.29 is 29.3 Å². The molecule has 3 N–H and O–H groups in total. The van der Waals surface area contributed by atoms with Crippen molar-refractivity contribution in [1.29, 1.82) is 0 Å². The van der Waals surface area contributed by atoms with Gasteiger partial charge in [0.25, 0.3) is 0 Å². The molecule has 0 saturated carbocycles. The molecule has 20 heavy (non-hydrogen) atoms. The maximum absolute atomic E-state index is 12.0. The smallest absolute Gasteiger partial charge is 0.407 e. The third-order valence-electron chi connectivity index (χ3n) is 3.50. The lowest BCUT2D eigenvalue weighted by Crippen LogP contribution is -2.60. The largest absolute Gasteiger partial charge is 0.477 e. The van der Waals surface area contributed by atoms with E-state index in [2.05, 4.69) is 5.32 Å². The van der Waals surface area contributed by atoms with E-state index in [9.17, 15) is 24.6 Å². The van der Waals surface area contributed by atoms with Crippen LogP contribution in [0.3, 0.4) is 0 Å². The molecule has 0 aromatic rings. The number of hydrogen-bond acceptors (Lipinski definition) is 6. The molecule has 3 rings (SSSR count). The van der Waals surface area contributed by atoms with Gasteiger partial charge in [-0.05, 0) is 6.92 Å². The topological polar surface area (TPSA) is 116 Å². The van der Waals surface area contributed by atoms with Crippen molar-refractivity contribution in [2.24, 2.45) is 5.92 Å². The van der Waals surface area contributed by atoms with Crippen LogP contribution in [0.25, 0.3) is 0 Å². The number of nitrogens with zero attached hydrogens (tertiary/aromatic N) is 1. The number of nitrogens with one attached hydrogen (secondary N) is 1. The summed E-state index contributed by atoms with van der Waals surface area (Å²) in [5.74, 6) is -2.28. The molecule has 3 heterocycles. The van der Waals surface area contributed by atoms with Crippen LogP contribution in [0.1, 0.15) is 6.92 Å². The molecule has 8 nitrogen and oxygen atoms in total. The van der Waals surface area contributed by atoms with Gasteiger partial charge in [-0.25, -0.2) is 9.59 Å². The maximum atomic E-state index is 12.0. The van der Waals surface area contributed by atoms with Gasteiger partial charge < -0.3 is 20.3 Å². The molecule has 3 aliphatic heterocycles. The van der Waals surface area contributed by atoms with Gasteiger partial charge in [-0.3, -0.25) is 9.69 Å². The van der Waals surface area contributed by atoms with E-state index >= 15 is 0 Å². The standard InChI is InChI=1S/C11H12N2O6S/c1-3(14)5-8(15)13-6(10(16)17)7(20-9(5)13)4-2-12-11(18)19-4/h3-5,9,14H,2H2,1H3,(H,12,18)(H,16,17)/t3-,4-,5+,9-/m1/s1. The van der Waals surface area contributed by atoms with Crippen LogP contribution >= 0.6 is 11.8 Å². The second kappa shape index (κ2) is 4.38. The molecular formula is C11H12N2O6S. The second-order valence-electron chi connectivity index (χ2n) is 4.78. The van der Waals surface area contributed by atoms with Gasteiger partial charge in [0.1, 0.15) is 11.1 Å². The average molecular weight is 300 g/mol. The highest BCUT2D eigenvalue weighted by Gasteiger charge is 2.59. The van der Waals surface area contributed by atoms with Crippen molar-refractivity contribution in [3.8, 4) is 0 Å². The fourth-order valence-electron chi connectivity index (χ4n) is 2.57. The number of carbonyl (C=O) groups excluding carboxylic acids is 2. The quantitative estimate of drug-likeness (QED) is 0.590. The minimum absolute atomic E-state index is 0.150. The number of fused-ring (bicyclic) bond motifs is 1. The predicted octanol–water partition coefficient (Wildman–Crippen LogP) is -0.697. The van der Waals surface area contributed by atoms with E-state index in [1.165, 1.54) is 6.92 Å². The van der Waals surface area contributed by atoms with Crippen LogP contribution in [0.5, 0.6) is 0 Å². The van der Waals surface area contributed by atoms with Crippen LogP contribution < -0.4 is 5.32 Å². The van der Waals surface area contributed by atoms with Crippen LogP contribution in [-0.2, 0) is 14.3 Å². The summed E-state index contributed by atoms with van der Waals surface area (Å²) in [6.45, 7) is 1.67. The van der Waals surface area contributed by atoms with Crippen molar-refractivity contribution in [3.05, 3.63) is 10.6 Å². The first-order chi connectivity index (χ1) is 9.41. The first-order valence-electron chi connectivity index (χ1n) is 6.01. The number of aliphatic hydroxyl groups excluding tert-OH is 1. The number of thioether (sulfide) groups is 1. The molecule has 0 aliphatic carbocycles. The Morgan fingerprint density at radius 1 is 1.55 bits per heavy atom. The lowest BCUT2D eigenvalue weighted by atomic mass is 9.92. The first-order valence-corrected chi connectivity index (χ1v) is 6.89. The number of carboxylic acid groups (broad SMARTS) is 1. The summed E-state index contributed by atoms with van der Waals surface area (Å²) >= 11 is 1.16.